The van der Waals surface area contributed by atoms with E-state index in [0.29, 0.717) is 17.9 Å². The van der Waals surface area contributed by atoms with Crippen LogP contribution < -0.4 is 5.32 Å². The molecule has 3 nitrogen and oxygen atoms in total. The SMILES string of the molecule is O=C(CCc1ccccc1Cl)NC1(CO)CCC1. The van der Waals surface area contributed by atoms with Crippen LogP contribution in [0.3, 0.4) is 0 Å². The monoisotopic (exact) mass is 267 g/mol. The van der Waals surface area contributed by atoms with Crippen molar-refractivity contribution >= 4 is 17.5 Å². The predicted octanol–water partition coefficient (Wildman–Crippen LogP) is 2.30. The van der Waals surface area contributed by atoms with Gasteiger partial charge in [0.25, 0.3) is 0 Å². The minimum absolute atomic E-state index is 0.0105. The molecule has 1 aliphatic carbocycles. The number of carbonyl (C=O) groups excluding carboxylic acids is 1. The van der Waals surface area contributed by atoms with Crippen molar-refractivity contribution in [1.29, 1.82) is 0 Å². The molecule has 1 saturated carbocycles. The van der Waals surface area contributed by atoms with E-state index in [1.165, 1.54) is 0 Å². The fourth-order valence-electron chi connectivity index (χ4n) is 2.23. The first kappa shape index (κ1) is 13.4. The lowest BCUT2D eigenvalue weighted by atomic mass is 9.77. The average molecular weight is 268 g/mol. The van der Waals surface area contributed by atoms with Crippen LogP contribution in [0.25, 0.3) is 0 Å². The third-order valence-corrected chi connectivity index (χ3v) is 3.97. The summed E-state index contributed by atoms with van der Waals surface area (Å²) in [6, 6.07) is 7.55. The van der Waals surface area contributed by atoms with Crippen LogP contribution in [0, 0.1) is 0 Å². The summed E-state index contributed by atoms with van der Waals surface area (Å²) in [5.74, 6) is -0.0105. The van der Waals surface area contributed by atoms with Crippen molar-refractivity contribution in [1.82, 2.24) is 5.32 Å². The van der Waals surface area contributed by atoms with Gasteiger partial charge in [0, 0.05) is 11.4 Å². The smallest absolute Gasteiger partial charge is 0.220 e. The number of aliphatic hydroxyl groups is 1. The van der Waals surface area contributed by atoms with Gasteiger partial charge >= 0.3 is 0 Å². The van der Waals surface area contributed by atoms with Gasteiger partial charge in [-0.25, -0.2) is 0 Å². The molecule has 1 aliphatic rings. The van der Waals surface area contributed by atoms with Crippen LogP contribution in [0.4, 0.5) is 0 Å². The molecule has 1 aromatic carbocycles. The summed E-state index contributed by atoms with van der Waals surface area (Å²) in [6.45, 7) is 0.0326. The first-order chi connectivity index (χ1) is 8.65. The Balaban J connectivity index is 1.83. The Morgan fingerprint density at radius 3 is 2.67 bits per heavy atom. The molecule has 1 aromatic rings. The minimum Gasteiger partial charge on any atom is -0.394 e. The Hall–Kier alpha value is -1.06. The van der Waals surface area contributed by atoms with E-state index in [1.807, 2.05) is 24.3 Å². The number of amides is 1. The maximum Gasteiger partial charge on any atom is 0.220 e. The van der Waals surface area contributed by atoms with E-state index in [9.17, 15) is 9.90 Å². The van der Waals surface area contributed by atoms with E-state index >= 15 is 0 Å². The van der Waals surface area contributed by atoms with E-state index in [1.54, 1.807) is 0 Å². The number of carbonyl (C=O) groups is 1. The number of rotatable bonds is 5. The number of hydrogen-bond donors (Lipinski definition) is 2. The molecule has 0 bridgehead atoms. The molecule has 18 heavy (non-hydrogen) atoms. The van der Waals surface area contributed by atoms with E-state index in [4.69, 9.17) is 11.6 Å². The normalized spacial score (nSPS) is 17.0. The number of halogens is 1. The molecule has 0 heterocycles. The predicted molar refractivity (Wildman–Crippen MR) is 71.6 cm³/mol. The van der Waals surface area contributed by atoms with Crippen molar-refractivity contribution in [2.24, 2.45) is 0 Å². The van der Waals surface area contributed by atoms with Crippen LogP contribution in [0.15, 0.2) is 24.3 Å². The number of benzene rings is 1. The largest absolute Gasteiger partial charge is 0.394 e. The van der Waals surface area contributed by atoms with Gasteiger partial charge in [-0.15, -0.1) is 0 Å². The first-order valence-electron chi connectivity index (χ1n) is 6.30. The topological polar surface area (TPSA) is 49.3 Å². The van der Waals surface area contributed by atoms with Crippen molar-refractivity contribution in [2.45, 2.75) is 37.6 Å². The van der Waals surface area contributed by atoms with E-state index in [-0.39, 0.29) is 18.1 Å². The van der Waals surface area contributed by atoms with Gasteiger partial charge in [0.2, 0.25) is 5.91 Å². The van der Waals surface area contributed by atoms with Gasteiger partial charge in [-0.1, -0.05) is 29.8 Å². The molecule has 0 aliphatic heterocycles. The number of aryl methyl sites for hydroxylation is 1. The second-order valence-electron chi connectivity index (χ2n) is 4.93. The van der Waals surface area contributed by atoms with Crippen molar-refractivity contribution in [3.05, 3.63) is 34.9 Å². The van der Waals surface area contributed by atoms with Crippen LogP contribution in [-0.4, -0.2) is 23.2 Å². The maximum atomic E-state index is 11.8. The van der Waals surface area contributed by atoms with Gasteiger partial charge in [-0.2, -0.15) is 0 Å². The molecule has 1 amide bonds. The zero-order valence-electron chi connectivity index (χ0n) is 10.3. The van der Waals surface area contributed by atoms with Gasteiger partial charge in [0.15, 0.2) is 0 Å². The molecule has 1 fully saturated rings. The second-order valence-corrected chi connectivity index (χ2v) is 5.34. The van der Waals surface area contributed by atoms with Gasteiger partial charge in [-0.05, 0) is 37.3 Å². The van der Waals surface area contributed by atoms with E-state index < -0.39 is 0 Å². The number of nitrogens with one attached hydrogen (secondary N) is 1. The summed E-state index contributed by atoms with van der Waals surface area (Å²) in [5.41, 5.74) is 0.637. The third-order valence-electron chi connectivity index (χ3n) is 3.60. The van der Waals surface area contributed by atoms with Crippen LogP contribution in [0.5, 0.6) is 0 Å². The van der Waals surface area contributed by atoms with Crippen molar-refractivity contribution in [3.63, 3.8) is 0 Å². The van der Waals surface area contributed by atoms with Crippen LogP contribution in [-0.2, 0) is 11.2 Å². The molecular weight excluding hydrogens is 250 g/mol. The first-order valence-corrected chi connectivity index (χ1v) is 6.68. The standard InChI is InChI=1S/C14H18ClNO2/c15-12-5-2-1-4-11(12)6-7-13(18)16-14(10-17)8-3-9-14/h1-2,4-5,17H,3,6-10H2,(H,16,18). The molecule has 0 radical (unpaired) electrons. The molecule has 0 unspecified atom stereocenters. The number of hydrogen-bond acceptors (Lipinski definition) is 2. The van der Waals surface area contributed by atoms with Crippen molar-refractivity contribution in [2.75, 3.05) is 6.61 Å². The Morgan fingerprint density at radius 1 is 1.39 bits per heavy atom. The van der Waals surface area contributed by atoms with Crippen molar-refractivity contribution in [3.8, 4) is 0 Å². The molecule has 2 rings (SSSR count). The summed E-state index contributed by atoms with van der Waals surface area (Å²) >= 11 is 6.03. The zero-order chi connectivity index (χ0) is 13.0. The van der Waals surface area contributed by atoms with Crippen LogP contribution in [0.2, 0.25) is 5.02 Å². The van der Waals surface area contributed by atoms with Gasteiger partial charge in [0.05, 0.1) is 12.1 Å². The minimum atomic E-state index is -0.350. The molecule has 2 N–H and O–H groups in total. The second kappa shape index (κ2) is 5.72. The summed E-state index contributed by atoms with van der Waals surface area (Å²) in [7, 11) is 0. The van der Waals surface area contributed by atoms with Gasteiger partial charge in [-0.3, -0.25) is 4.79 Å². The highest BCUT2D eigenvalue weighted by Crippen LogP contribution is 2.31. The van der Waals surface area contributed by atoms with Crippen LogP contribution >= 0.6 is 11.6 Å². The highest BCUT2D eigenvalue weighted by molar-refractivity contribution is 6.31. The van der Waals surface area contributed by atoms with E-state index in [2.05, 4.69) is 5.32 Å². The lowest BCUT2D eigenvalue weighted by molar-refractivity contribution is -0.125. The third kappa shape index (κ3) is 3.03. The fourth-order valence-corrected chi connectivity index (χ4v) is 2.46. The molecule has 0 aromatic heterocycles. The molecule has 4 heteroatoms. The number of aliphatic hydroxyl groups excluding tert-OH is 1. The van der Waals surface area contributed by atoms with E-state index in [0.717, 1.165) is 24.8 Å². The molecule has 0 saturated heterocycles. The highest BCUT2D eigenvalue weighted by atomic mass is 35.5. The lowest BCUT2D eigenvalue weighted by Gasteiger charge is -2.41. The summed E-state index contributed by atoms with van der Waals surface area (Å²) in [6.07, 6.45) is 3.87. The summed E-state index contributed by atoms with van der Waals surface area (Å²) in [4.78, 5) is 11.8. The Labute approximate surface area is 112 Å². The molecule has 98 valence electrons. The molecule has 0 spiro atoms. The van der Waals surface area contributed by atoms with Crippen molar-refractivity contribution < 1.29 is 9.90 Å². The Morgan fingerprint density at radius 2 is 2.11 bits per heavy atom. The summed E-state index contributed by atoms with van der Waals surface area (Å²) in [5, 5.41) is 12.9. The van der Waals surface area contributed by atoms with Gasteiger partial charge in [0.1, 0.15) is 0 Å². The molecular formula is C14H18ClNO2. The quantitative estimate of drug-likeness (QED) is 0.860. The fraction of sp³-hybridized carbons (Fsp3) is 0.500. The Kier molecular flexibility index (Phi) is 4.25. The Bertz CT molecular complexity index is 424. The van der Waals surface area contributed by atoms with Gasteiger partial charge < -0.3 is 10.4 Å². The van der Waals surface area contributed by atoms with Crippen LogP contribution in [0.1, 0.15) is 31.2 Å². The highest BCUT2D eigenvalue weighted by Gasteiger charge is 2.37. The molecule has 0 atom stereocenters. The average Bonchev–Trinajstić information content (AvgIpc) is 2.33. The summed E-state index contributed by atoms with van der Waals surface area (Å²) < 4.78 is 0. The zero-order valence-corrected chi connectivity index (χ0v) is 11.0. The lowest BCUT2D eigenvalue weighted by Crippen LogP contribution is -2.56. The maximum absolute atomic E-state index is 11.8.